The van der Waals surface area contributed by atoms with Gasteiger partial charge >= 0.3 is 10.3 Å². The smallest absolute Gasteiger partial charge is 0.335 e. The molecule has 0 atom stereocenters. The van der Waals surface area contributed by atoms with E-state index >= 15 is 0 Å². The van der Waals surface area contributed by atoms with Crippen LogP contribution in [0, 0.1) is 0 Å². The van der Waals surface area contributed by atoms with Crippen LogP contribution in [0.2, 0.25) is 0 Å². The normalized spacial score (nSPS) is 17.2. The van der Waals surface area contributed by atoms with Gasteiger partial charge in [-0.15, -0.1) is 13.2 Å². The Morgan fingerprint density at radius 2 is 1.67 bits per heavy atom. The third-order valence-electron chi connectivity index (χ3n) is 4.22. The molecule has 0 aliphatic carbocycles. The summed E-state index contributed by atoms with van der Waals surface area (Å²) in [5, 5.41) is 0. The van der Waals surface area contributed by atoms with Gasteiger partial charge in [-0.25, -0.2) is 0 Å². The lowest BCUT2D eigenvalue weighted by atomic mass is 10.1. The van der Waals surface area contributed by atoms with E-state index < -0.39 is 10.3 Å². The molecule has 6 nitrogen and oxygen atoms in total. The fraction of sp³-hybridized carbons (Fsp3) is 0.765. The van der Waals surface area contributed by atoms with Crippen LogP contribution in [-0.4, -0.2) is 67.6 Å². The zero-order valence-electron chi connectivity index (χ0n) is 14.6. The van der Waals surface area contributed by atoms with Crippen LogP contribution in [0.15, 0.2) is 25.3 Å². The van der Waals surface area contributed by atoms with Crippen LogP contribution in [0.1, 0.15) is 38.5 Å². The molecule has 0 saturated carbocycles. The molecule has 0 radical (unpaired) electrons. The van der Waals surface area contributed by atoms with Crippen molar-refractivity contribution in [1.82, 2.24) is 9.21 Å². The molecule has 0 unspecified atom stereocenters. The van der Waals surface area contributed by atoms with Gasteiger partial charge < -0.3 is 4.74 Å². The molecule has 1 rings (SSSR count). The summed E-state index contributed by atoms with van der Waals surface area (Å²) in [5.41, 5.74) is 0. The van der Waals surface area contributed by atoms with E-state index in [1.165, 1.54) is 6.42 Å². The summed E-state index contributed by atoms with van der Waals surface area (Å²) >= 11 is 0. The minimum Gasteiger partial charge on any atom is -0.378 e. The number of piperidine rings is 1. The highest BCUT2D eigenvalue weighted by Gasteiger charge is 2.26. The van der Waals surface area contributed by atoms with Gasteiger partial charge in [-0.1, -0.05) is 25.0 Å². The predicted octanol–water partition coefficient (Wildman–Crippen LogP) is 2.50. The number of ether oxygens (including phenoxy) is 1. The molecule has 0 amide bonds. The van der Waals surface area contributed by atoms with E-state index in [1.807, 2.05) is 12.2 Å². The molecule has 24 heavy (non-hydrogen) atoms. The average Bonchev–Trinajstić information content (AvgIpc) is 2.54. The van der Waals surface area contributed by atoms with E-state index in [0.717, 1.165) is 49.8 Å². The second-order valence-corrected chi connectivity index (χ2v) is 7.61. The highest BCUT2D eigenvalue weighted by molar-refractivity contribution is 7.83. The number of hydrogen-bond acceptors (Lipinski definition) is 4. The Hall–Kier alpha value is -0.730. The maximum absolute atomic E-state index is 11.0. The largest absolute Gasteiger partial charge is 0.378 e. The van der Waals surface area contributed by atoms with Gasteiger partial charge in [-0.3, -0.25) is 9.45 Å². The Balaban J connectivity index is 2.01. The average molecular weight is 361 g/mol. The first-order chi connectivity index (χ1) is 11.5. The van der Waals surface area contributed by atoms with Gasteiger partial charge in [0, 0.05) is 32.8 Å². The lowest BCUT2D eigenvalue weighted by Gasteiger charge is -2.29. The molecule has 0 aromatic heterocycles. The van der Waals surface area contributed by atoms with Gasteiger partial charge in [0.1, 0.15) is 0 Å². The monoisotopic (exact) mass is 360 g/mol. The predicted molar refractivity (Wildman–Crippen MR) is 97.4 cm³/mol. The van der Waals surface area contributed by atoms with Gasteiger partial charge in [-0.05, 0) is 32.2 Å². The van der Waals surface area contributed by atoms with E-state index in [1.54, 1.807) is 0 Å². The van der Waals surface area contributed by atoms with Gasteiger partial charge in [0.2, 0.25) is 0 Å². The van der Waals surface area contributed by atoms with Gasteiger partial charge in [0.15, 0.2) is 0 Å². The molecule has 140 valence electrons. The third-order valence-corrected chi connectivity index (χ3v) is 5.24. The molecule has 0 aromatic carbocycles. The van der Waals surface area contributed by atoms with Crippen LogP contribution in [0.4, 0.5) is 0 Å². The van der Waals surface area contributed by atoms with Crippen LogP contribution in [-0.2, 0) is 15.0 Å². The summed E-state index contributed by atoms with van der Waals surface area (Å²) in [6.45, 7) is 11.8. The second-order valence-electron chi connectivity index (χ2n) is 6.20. The fourth-order valence-corrected chi connectivity index (χ4v) is 3.57. The van der Waals surface area contributed by atoms with Crippen LogP contribution in [0.3, 0.4) is 0 Å². The van der Waals surface area contributed by atoms with Crippen molar-refractivity contribution in [3.05, 3.63) is 25.3 Å². The van der Waals surface area contributed by atoms with Crippen LogP contribution in [0.5, 0.6) is 0 Å². The Kier molecular flexibility index (Phi) is 10.4. The summed E-state index contributed by atoms with van der Waals surface area (Å²) < 4.78 is 37.9. The summed E-state index contributed by atoms with van der Waals surface area (Å²) in [4.78, 5) is 2.32. The molecule has 7 heteroatoms. The maximum atomic E-state index is 11.0. The summed E-state index contributed by atoms with van der Waals surface area (Å²) in [6, 6.07) is 0. The quantitative estimate of drug-likeness (QED) is 0.310. The Morgan fingerprint density at radius 3 is 2.21 bits per heavy atom. The minimum absolute atomic E-state index is 0.110. The van der Waals surface area contributed by atoms with Crippen LogP contribution >= 0.6 is 0 Å². The summed E-state index contributed by atoms with van der Waals surface area (Å²) in [6.07, 6.45) is 9.76. The summed E-state index contributed by atoms with van der Waals surface area (Å²) in [7, 11) is -4.04. The zero-order chi connectivity index (χ0) is 17.8. The van der Waals surface area contributed by atoms with Crippen molar-refractivity contribution in [2.45, 2.75) is 44.6 Å². The topological polar surface area (TPSA) is 70.1 Å². The molecule has 0 bridgehead atoms. The molecule has 0 aromatic rings. The molecule has 1 saturated heterocycles. The number of rotatable bonds is 13. The molecule has 1 aliphatic rings. The van der Waals surface area contributed by atoms with Crippen LogP contribution < -0.4 is 0 Å². The first kappa shape index (κ1) is 21.3. The van der Waals surface area contributed by atoms with Crippen molar-refractivity contribution < 1.29 is 17.7 Å². The molecule has 0 spiro atoms. The van der Waals surface area contributed by atoms with E-state index in [9.17, 15) is 8.42 Å². The molecule has 1 heterocycles. The third kappa shape index (κ3) is 8.94. The van der Waals surface area contributed by atoms with Crippen molar-refractivity contribution >= 4 is 10.3 Å². The van der Waals surface area contributed by atoms with E-state index in [0.29, 0.717) is 25.9 Å². The molecular formula is C17H32N2O4S. The van der Waals surface area contributed by atoms with Gasteiger partial charge in [-0.2, -0.15) is 12.7 Å². The van der Waals surface area contributed by atoms with Crippen molar-refractivity contribution in [2.75, 3.05) is 39.3 Å². The Morgan fingerprint density at radius 1 is 1.08 bits per heavy atom. The fourth-order valence-electron chi connectivity index (χ4n) is 2.89. The van der Waals surface area contributed by atoms with Gasteiger partial charge in [0.05, 0.1) is 6.10 Å². The SMILES string of the molecule is C=CCN(CC=C)CCCCCCOC1CCN(S(=O)(=O)O)CC1. The van der Waals surface area contributed by atoms with E-state index in [2.05, 4.69) is 18.1 Å². The lowest BCUT2D eigenvalue weighted by molar-refractivity contribution is 0.0181. The highest BCUT2D eigenvalue weighted by Crippen LogP contribution is 2.16. The summed E-state index contributed by atoms with van der Waals surface area (Å²) in [5.74, 6) is 0. The van der Waals surface area contributed by atoms with Crippen molar-refractivity contribution in [3.63, 3.8) is 0 Å². The maximum Gasteiger partial charge on any atom is 0.335 e. The first-order valence-electron chi connectivity index (χ1n) is 8.75. The molecule has 1 aliphatic heterocycles. The number of hydrogen-bond donors (Lipinski definition) is 1. The lowest BCUT2D eigenvalue weighted by Crippen LogP contribution is -2.40. The second kappa shape index (κ2) is 11.8. The zero-order valence-corrected chi connectivity index (χ0v) is 15.4. The molecular weight excluding hydrogens is 328 g/mol. The molecule has 1 fully saturated rings. The first-order valence-corrected chi connectivity index (χ1v) is 10.2. The van der Waals surface area contributed by atoms with Gasteiger partial charge in [0.25, 0.3) is 0 Å². The minimum atomic E-state index is -4.04. The Bertz CT molecular complexity index is 449. The van der Waals surface area contributed by atoms with E-state index in [4.69, 9.17) is 9.29 Å². The van der Waals surface area contributed by atoms with Crippen molar-refractivity contribution in [3.8, 4) is 0 Å². The standard InChI is InChI=1S/C17H32N2O4S/c1-3-11-18(12-4-2)13-7-5-6-8-16-23-17-9-14-19(15-10-17)24(20,21)22/h3-4,17H,1-2,5-16H2,(H,20,21,22). The number of nitrogens with zero attached hydrogens (tertiary/aromatic N) is 2. The Labute approximate surface area is 147 Å². The number of unbranched alkanes of at least 4 members (excludes halogenated alkanes) is 3. The molecule has 1 N–H and O–H groups in total. The van der Waals surface area contributed by atoms with Crippen LogP contribution in [0.25, 0.3) is 0 Å². The van der Waals surface area contributed by atoms with Crippen molar-refractivity contribution in [2.24, 2.45) is 0 Å². The van der Waals surface area contributed by atoms with E-state index in [-0.39, 0.29) is 6.10 Å². The highest BCUT2D eigenvalue weighted by atomic mass is 32.2. The van der Waals surface area contributed by atoms with Crippen molar-refractivity contribution in [1.29, 1.82) is 0 Å².